The Morgan fingerprint density at radius 3 is 2.16 bits per heavy atom. The van der Waals surface area contributed by atoms with Crippen LogP contribution in [0.25, 0.3) is 0 Å². The van der Waals surface area contributed by atoms with Crippen LogP contribution in [0.15, 0.2) is 54.6 Å². The monoisotopic (exact) mass is 511 g/mol. The third-order valence-electron chi connectivity index (χ3n) is 6.59. The fraction of sp³-hybridized carbons (Fsp3) is 0.464. The first-order valence-corrected chi connectivity index (χ1v) is 12.6. The number of hydrogen-bond acceptors (Lipinski definition) is 7. The molecule has 3 rings (SSSR count). The molecule has 9 nitrogen and oxygen atoms in total. The largest absolute Gasteiger partial charge is 0.497 e. The van der Waals surface area contributed by atoms with Gasteiger partial charge in [0.05, 0.1) is 32.3 Å². The smallest absolute Gasteiger partial charge is 0.243 e. The number of carbonyl (C=O) groups excluding carboxylic acids is 3. The molecule has 2 aromatic carbocycles. The minimum Gasteiger partial charge on any atom is -0.497 e. The van der Waals surface area contributed by atoms with Gasteiger partial charge in [-0.2, -0.15) is 0 Å². The number of epoxide rings is 1. The van der Waals surface area contributed by atoms with Crippen molar-refractivity contribution in [3.63, 3.8) is 0 Å². The van der Waals surface area contributed by atoms with Crippen LogP contribution in [0.3, 0.4) is 0 Å². The van der Waals surface area contributed by atoms with Gasteiger partial charge in [-0.25, -0.2) is 0 Å². The highest BCUT2D eigenvalue weighted by Crippen LogP contribution is 2.29. The molecule has 0 radical (unpaired) electrons. The third-order valence-corrected chi connectivity index (χ3v) is 6.59. The van der Waals surface area contributed by atoms with Gasteiger partial charge in [-0.05, 0) is 56.0 Å². The van der Waals surface area contributed by atoms with Crippen molar-refractivity contribution in [3.8, 4) is 5.75 Å². The number of carbonyl (C=O) groups is 3. The molecule has 1 aliphatic rings. The molecule has 4 unspecified atom stereocenters. The fourth-order valence-electron chi connectivity index (χ4n) is 4.12. The van der Waals surface area contributed by atoms with Crippen molar-refractivity contribution >= 4 is 17.6 Å². The summed E-state index contributed by atoms with van der Waals surface area (Å²) in [6.45, 7) is 2.05. The van der Waals surface area contributed by atoms with Crippen LogP contribution in [0, 0.1) is 5.92 Å². The summed E-state index contributed by atoms with van der Waals surface area (Å²) in [7, 11) is 1.57. The maximum absolute atomic E-state index is 13.6. The maximum atomic E-state index is 13.6. The zero-order chi connectivity index (χ0) is 26.8. The molecular weight excluding hydrogens is 474 g/mol. The predicted octanol–water partition coefficient (Wildman–Crippen LogP) is 1.16. The van der Waals surface area contributed by atoms with Crippen molar-refractivity contribution in [2.24, 2.45) is 11.7 Å². The summed E-state index contributed by atoms with van der Waals surface area (Å²) in [4.78, 5) is 39.8. The summed E-state index contributed by atoms with van der Waals surface area (Å²) in [5.74, 6) is -1.15. The van der Waals surface area contributed by atoms with E-state index < -0.39 is 35.4 Å². The molecule has 0 spiro atoms. The first kappa shape index (κ1) is 28.3. The number of ether oxygens (including phenoxy) is 2. The number of rotatable bonds is 15. The number of aliphatic hydroxyl groups is 1. The molecule has 2 aromatic rings. The number of methoxy groups -OCH3 is 1. The van der Waals surface area contributed by atoms with E-state index in [9.17, 15) is 19.5 Å². The average Bonchev–Trinajstić information content (AvgIpc) is 3.67. The molecule has 0 saturated carbocycles. The van der Waals surface area contributed by atoms with Crippen molar-refractivity contribution < 1.29 is 29.0 Å². The van der Waals surface area contributed by atoms with Crippen LogP contribution in [0.2, 0.25) is 0 Å². The number of nitrogens with one attached hydrogen (secondary N) is 2. The standard InChI is InChI=1S/C28H37N3O6/c1-28(18-37-28)25(33)23(15-19-7-4-3-5-8-19)30-27(35)24(16-20-10-12-22(36-2)13-11-20)31-26(34)21(17-32)9-6-14-29/h3-5,7-8,10-13,21,23-24,32H,6,9,14-18,29H2,1-2H3,(H,30,35)(H,31,34). The van der Waals surface area contributed by atoms with E-state index >= 15 is 0 Å². The first-order chi connectivity index (χ1) is 17.8. The molecule has 0 aromatic heterocycles. The second kappa shape index (κ2) is 13.3. The van der Waals surface area contributed by atoms with Crippen LogP contribution in [0.4, 0.5) is 0 Å². The van der Waals surface area contributed by atoms with E-state index in [0.29, 0.717) is 38.2 Å². The zero-order valence-corrected chi connectivity index (χ0v) is 21.4. The van der Waals surface area contributed by atoms with Crippen molar-refractivity contribution in [2.45, 2.75) is 50.3 Å². The van der Waals surface area contributed by atoms with E-state index in [1.165, 1.54) is 0 Å². The molecule has 37 heavy (non-hydrogen) atoms. The van der Waals surface area contributed by atoms with E-state index in [-0.39, 0.29) is 18.8 Å². The Kier molecular flexibility index (Phi) is 10.2. The Labute approximate surface area is 217 Å². The first-order valence-electron chi connectivity index (χ1n) is 12.6. The molecule has 1 aliphatic heterocycles. The number of amides is 2. The summed E-state index contributed by atoms with van der Waals surface area (Å²) in [5, 5.41) is 15.4. The highest BCUT2D eigenvalue weighted by Gasteiger charge is 2.50. The molecule has 2 amide bonds. The number of benzene rings is 2. The van der Waals surface area contributed by atoms with Crippen LogP contribution in [-0.2, 0) is 32.0 Å². The average molecular weight is 512 g/mol. The quantitative estimate of drug-likeness (QED) is 0.263. The Morgan fingerprint density at radius 1 is 1.00 bits per heavy atom. The van der Waals surface area contributed by atoms with Gasteiger partial charge in [-0.1, -0.05) is 42.5 Å². The second-order valence-electron chi connectivity index (χ2n) is 9.56. The Bertz CT molecular complexity index is 1040. The van der Waals surface area contributed by atoms with Crippen molar-refractivity contribution in [1.82, 2.24) is 10.6 Å². The number of hydrogen-bond donors (Lipinski definition) is 4. The number of nitrogens with two attached hydrogens (primary N) is 1. The summed E-state index contributed by atoms with van der Waals surface area (Å²) in [5.41, 5.74) is 6.33. The lowest BCUT2D eigenvalue weighted by atomic mass is 9.94. The lowest BCUT2D eigenvalue weighted by Crippen LogP contribution is -2.55. The Balaban J connectivity index is 1.81. The lowest BCUT2D eigenvalue weighted by molar-refractivity contribution is -0.134. The lowest BCUT2D eigenvalue weighted by Gasteiger charge is -2.25. The summed E-state index contributed by atoms with van der Waals surface area (Å²) < 4.78 is 10.6. The van der Waals surface area contributed by atoms with E-state index in [2.05, 4.69) is 10.6 Å². The van der Waals surface area contributed by atoms with Crippen molar-refractivity contribution in [2.75, 3.05) is 26.9 Å². The zero-order valence-electron chi connectivity index (χ0n) is 21.4. The molecule has 5 N–H and O–H groups in total. The molecule has 0 aliphatic carbocycles. The van der Waals surface area contributed by atoms with Gasteiger partial charge in [0.2, 0.25) is 11.8 Å². The predicted molar refractivity (Wildman–Crippen MR) is 139 cm³/mol. The van der Waals surface area contributed by atoms with Crippen LogP contribution >= 0.6 is 0 Å². The number of aliphatic hydroxyl groups excluding tert-OH is 1. The minimum atomic E-state index is -0.966. The van der Waals surface area contributed by atoms with Gasteiger partial charge < -0.3 is 30.9 Å². The Hall–Kier alpha value is -3.27. The maximum Gasteiger partial charge on any atom is 0.243 e. The molecule has 200 valence electrons. The summed E-state index contributed by atoms with van der Waals surface area (Å²) in [6, 6.07) is 14.8. The summed E-state index contributed by atoms with van der Waals surface area (Å²) in [6.07, 6.45) is 1.46. The molecule has 1 heterocycles. The number of ketones is 1. The molecule has 1 fully saturated rings. The van der Waals surface area contributed by atoms with E-state index in [0.717, 1.165) is 11.1 Å². The van der Waals surface area contributed by atoms with Gasteiger partial charge in [-0.15, -0.1) is 0 Å². The molecule has 0 bridgehead atoms. The second-order valence-corrected chi connectivity index (χ2v) is 9.56. The Morgan fingerprint density at radius 2 is 1.59 bits per heavy atom. The van der Waals surface area contributed by atoms with Crippen LogP contribution in [0.5, 0.6) is 5.75 Å². The fourth-order valence-corrected chi connectivity index (χ4v) is 4.12. The minimum absolute atomic E-state index is 0.191. The number of Topliss-reactive ketones (excluding diaryl/α,β-unsaturated/α-hetero) is 1. The van der Waals surface area contributed by atoms with Gasteiger partial charge in [0, 0.05) is 6.42 Å². The van der Waals surface area contributed by atoms with E-state index in [4.69, 9.17) is 15.2 Å². The van der Waals surface area contributed by atoms with Gasteiger partial charge >= 0.3 is 0 Å². The molecule has 9 heteroatoms. The highest BCUT2D eigenvalue weighted by molar-refractivity contribution is 5.98. The van der Waals surface area contributed by atoms with Gasteiger partial charge in [0.15, 0.2) is 5.78 Å². The third kappa shape index (κ3) is 8.11. The van der Waals surface area contributed by atoms with E-state index in [1.54, 1.807) is 26.2 Å². The van der Waals surface area contributed by atoms with Gasteiger partial charge in [0.1, 0.15) is 17.4 Å². The van der Waals surface area contributed by atoms with Crippen LogP contribution in [-0.4, -0.2) is 67.3 Å². The van der Waals surface area contributed by atoms with Crippen LogP contribution in [0.1, 0.15) is 30.9 Å². The van der Waals surface area contributed by atoms with Gasteiger partial charge in [-0.3, -0.25) is 14.4 Å². The van der Waals surface area contributed by atoms with Crippen molar-refractivity contribution in [3.05, 3.63) is 65.7 Å². The SMILES string of the molecule is COc1ccc(CC(NC(=O)C(CO)CCCN)C(=O)NC(Cc2ccccc2)C(=O)C2(C)CO2)cc1. The van der Waals surface area contributed by atoms with Crippen molar-refractivity contribution in [1.29, 1.82) is 0 Å². The topological polar surface area (TPSA) is 143 Å². The van der Waals surface area contributed by atoms with E-state index in [1.807, 2.05) is 42.5 Å². The van der Waals surface area contributed by atoms with Crippen LogP contribution < -0.4 is 21.1 Å². The summed E-state index contributed by atoms with van der Waals surface area (Å²) >= 11 is 0. The molecular formula is C28H37N3O6. The van der Waals surface area contributed by atoms with Gasteiger partial charge in [0.25, 0.3) is 0 Å². The highest BCUT2D eigenvalue weighted by atomic mass is 16.6. The normalized spacial score (nSPS) is 18.8. The molecule has 4 atom stereocenters. The molecule has 1 saturated heterocycles.